The maximum Gasteiger partial charge on any atom is 0.119 e. The summed E-state index contributed by atoms with van der Waals surface area (Å²) in [6.45, 7) is 8.68. The summed E-state index contributed by atoms with van der Waals surface area (Å²) in [6, 6.07) is 9.18. The van der Waals surface area contributed by atoms with E-state index in [2.05, 4.69) is 50.4 Å². The van der Waals surface area contributed by atoms with Crippen LogP contribution in [0, 0.1) is 5.41 Å². The molecular weight excluding hydrogens is 246 g/mol. The molecule has 112 valence electrons. The molecule has 2 heteroatoms. The molecule has 20 heavy (non-hydrogen) atoms. The lowest BCUT2D eigenvalue weighted by Gasteiger charge is -2.35. The predicted octanol–water partition coefficient (Wildman–Crippen LogP) is 4.53. The van der Waals surface area contributed by atoms with Gasteiger partial charge in [-0.2, -0.15) is 0 Å². The summed E-state index contributed by atoms with van der Waals surface area (Å²) in [4.78, 5) is 0. The molecule has 1 aromatic rings. The minimum absolute atomic E-state index is 0.508. The van der Waals surface area contributed by atoms with Crippen molar-refractivity contribution < 1.29 is 4.74 Å². The molecule has 0 heterocycles. The molecule has 0 saturated heterocycles. The van der Waals surface area contributed by atoms with E-state index in [-0.39, 0.29) is 0 Å². The first-order valence-corrected chi connectivity index (χ1v) is 8.04. The summed E-state index contributed by atoms with van der Waals surface area (Å²) in [7, 11) is 0. The zero-order chi connectivity index (χ0) is 14.4. The van der Waals surface area contributed by atoms with Crippen LogP contribution in [0.1, 0.15) is 58.4 Å². The van der Waals surface area contributed by atoms with Gasteiger partial charge in [0.2, 0.25) is 0 Å². The molecule has 1 aliphatic carbocycles. The fraction of sp³-hybridized carbons (Fsp3) is 0.667. The van der Waals surface area contributed by atoms with Crippen molar-refractivity contribution in [2.45, 2.75) is 65.5 Å². The van der Waals surface area contributed by atoms with Crippen molar-refractivity contribution in [1.82, 2.24) is 5.32 Å². The van der Waals surface area contributed by atoms with Crippen molar-refractivity contribution in [2.75, 3.05) is 6.61 Å². The Morgan fingerprint density at radius 3 is 2.65 bits per heavy atom. The second kappa shape index (κ2) is 7.12. The van der Waals surface area contributed by atoms with Gasteiger partial charge in [-0.3, -0.25) is 0 Å². The maximum absolute atomic E-state index is 5.61. The molecule has 1 unspecified atom stereocenters. The molecule has 2 rings (SSSR count). The van der Waals surface area contributed by atoms with Crippen LogP contribution < -0.4 is 10.1 Å². The molecule has 0 spiro atoms. The van der Waals surface area contributed by atoms with Crippen LogP contribution in [0.3, 0.4) is 0 Å². The number of ether oxygens (including phenoxy) is 1. The summed E-state index contributed by atoms with van der Waals surface area (Å²) in [5.74, 6) is 0.981. The number of benzene rings is 1. The normalized spacial score (nSPS) is 21.6. The smallest absolute Gasteiger partial charge is 0.119 e. The van der Waals surface area contributed by atoms with Gasteiger partial charge in [-0.05, 0) is 48.8 Å². The lowest BCUT2D eigenvalue weighted by Crippen LogP contribution is -2.36. The second-order valence-corrected chi connectivity index (χ2v) is 6.83. The highest BCUT2D eigenvalue weighted by Crippen LogP contribution is 2.35. The van der Waals surface area contributed by atoms with E-state index in [0.29, 0.717) is 11.5 Å². The quantitative estimate of drug-likeness (QED) is 0.823. The van der Waals surface area contributed by atoms with Gasteiger partial charge in [0.15, 0.2) is 0 Å². The Kier molecular flexibility index (Phi) is 5.47. The van der Waals surface area contributed by atoms with Gasteiger partial charge >= 0.3 is 0 Å². The second-order valence-electron chi connectivity index (χ2n) is 6.83. The van der Waals surface area contributed by atoms with Crippen LogP contribution in [-0.4, -0.2) is 12.6 Å². The van der Waals surface area contributed by atoms with Crippen LogP contribution >= 0.6 is 0 Å². The predicted molar refractivity (Wildman–Crippen MR) is 85.1 cm³/mol. The third kappa shape index (κ3) is 4.82. The summed E-state index contributed by atoms with van der Waals surface area (Å²) < 4.78 is 5.61. The van der Waals surface area contributed by atoms with Gasteiger partial charge in [-0.1, -0.05) is 39.3 Å². The molecule has 0 amide bonds. The van der Waals surface area contributed by atoms with Gasteiger partial charge in [0.05, 0.1) is 6.61 Å². The number of hydrogen-bond donors (Lipinski definition) is 1. The standard InChI is InChI=1S/C18H29NO/c1-4-12-20-17-9-7-15(8-10-17)14-19-16-6-5-11-18(2,3)13-16/h7-10,16,19H,4-6,11-14H2,1-3H3. The van der Waals surface area contributed by atoms with Gasteiger partial charge < -0.3 is 10.1 Å². The van der Waals surface area contributed by atoms with Crippen molar-refractivity contribution in [3.8, 4) is 5.75 Å². The molecular formula is C18H29NO. The van der Waals surface area contributed by atoms with Gasteiger partial charge in [-0.15, -0.1) is 0 Å². The number of hydrogen-bond acceptors (Lipinski definition) is 2. The van der Waals surface area contributed by atoms with Gasteiger partial charge in [0, 0.05) is 12.6 Å². The van der Waals surface area contributed by atoms with E-state index in [9.17, 15) is 0 Å². The Labute approximate surface area is 123 Å². The van der Waals surface area contributed by atoms with Crippen molar-refractivity contribution in [2.24, 2.45) is 5.41 Å². The Hall–Kier alpha value is -1.02. The Balaban J connectivity index is 1.79. The zero-order valence-corrected chi connectivity index (χ0v) is 13.2. The SMILES string of the molecule is CCCOc1ccc(CNC2CCCC(C)(C)C2)cc1. The van der Waals surface area contributed by atoms with E-state index >= 15 is 0 Å². The van der Waals surface area contributed by atoms with Gasteiger partial charge in [0.25, 0.3) is 0 Å². The summed E-state index contributed by atoms with van der Waals surface area (Å²) in [6.07, 6.45) is 6.40. The molecule has 1 atom stereocenters. The Morgan fingerprint density at radius 2 is 2.00 bits per heavy atom. The fourth-order valence-electron chi connectivity index (χ4n) is 3.06. The first-order chi connectivity index (χ1) is 9.59. The third-order valence-corrected chi connectivity index (χ3v) is 4.20. The minimum atomic E-state index is 0.508. The molecule has 1 aromatic carbocycles. The van der Waals surface area contributed by atoms with Crippen molar-refractivity contribution in [3.05, 3.63) is 29.8 Å². The molecule has 0 aromatic heterocycles. The minimum Gasteiger partial charge on any atom is -0.494 e. The van der Waals surface area contributed by atoms with E-state index < -0.39 is 0 Å². The van der Waals surface area contributed by atoms with Gasteiger partial charge in [-0.25, -0.2) is 0 Å². The summed E-state index contributed by atoms with van der Waals surface area (Å²) in [5.41, 5.74) is 1.85. The largest absolute Gasteiger partial charge is 0.494 e. The van der Waals surface area contributed by atoms with E-state index in [4.69, 9.17) is 4.74 Å². The topological polar surface area (TPSA) is 21.3 Å². The van der Waals surface area contributed by atoms with Crippen LogP contribution in [0.5, 0.6) is 5.75 Å². The molecule has 0 radical (unpaired) electrons. The first-order valence-electron chi connectivity index (χ1n) is 8.04. The van der Waals surface area contributed by atoms with E-state index in [1.165, 1.54) is 31.2 Å². The first kappa shape index (κ1) is 15.4. The highest BCUT2D eigenvalue weighted by molar-refractivity contribution is 5.27. The summed E-state index contributed by atoms with van der Waals surface area (Å²) >= 11 is 0. The monoisotopic (exact) mass is 275 g/mol. The van der Waals surface area contributed by atoms with Gasteiger partial charge in [0.1, 0.15) is 5.75 Å². The Bertz CT molecular complexity index is 396. The average molecular weight is 275 g/mol. The van der Waals surface area contributed by atoms with Crippen molar-refractivity contribution in [1.29, 1.82) is 0 Å². The molecule has 1 N–H and O–H groups in total. The average Bonchev–Trinajstić information content (AvgIpc) is 2.43. The number of rotatable bonds is 6. The lowest BCUT2D eigenvalue weighted by molar-refractivity contribution is 0.198. The van der Waals surface area contributed by atoms with Crippen LogP contribution in [0.2, 0.25) is 0 Å². The molecule has 1 saturated carbocycles. The molecule has 0 bridgehead atoms. The number of nitrogens with one attached hydrogen (secondary N) is 1. The lowest BCUT2D eigenvalue weighted by atomic mass is 9.75. The molecule has 2 nitrogen and oxygen atoms in total. The van der Waals surface area contributed by atoms with Crippen LogP contribution in [0.15, 0.2) is 24.3 Å². The van der Waals surface area contributed by atoms with Crippen LogP contribution in [0.25, 0.3) is 0 Å². The van der Waals surface area contributed by atoms with Crippen LogP contribution in [0.4, 0.5) is 0 Å². The Morgan fingerprint density at radius 1 is 1.25 bits per heavy atom. The van der Waals surface area contributed by atoms with Crippen LogP contribution in [-0.2, 0) is 6.54 Å². The molecule has 1 aliphatic rings. The van der Waals surface area contributed by atoms with Crippen molar-refractivity contribution in [3.63, 3.8) is 0 Å². The maximum atomic E-state index is 5.61. The highest BCUT2D eigenvalue weighted by Gasteiger charge is 2.27. The fourth-order valence-corrected chi connectivity index (χ4v) is 3.06. The zero-order valence-electron chi connectivity index (χ0n) is 13.2. The van der Waals surface area contributed by atoms with E-state index in [0.717, 1.165) is 25.3 Å². The summed E-state index contributed by atoms with van der Waals surface area (Å²) in [5, 5.41) is 3.72. The molecule has 1 fully saturated rings. The van der Waals surface area contributed by atoms with Crippen molar-refractivity contribution >= 4 is 0 Å². The van der Waals surface area contributed by atoms with E-state index in [1.807, 2.05) is 0 Å². The molecule has 0 aliphatic heterocycles. The van der Waals surface area contributed by atoms with E-state index in [1.54, 1.807) is 0 Å². The highest BCUT2D eigenvalue weighted by atomic mass is 16.5. The third-order valence-electron chi connectivity index (χ3n) is 4.20.